The summed E-state index contributed by atoms with van der Waals surface area (Å²) in [6, 6.07) is 9.15. The van der Waals surface area contributed by atoms with Crippen molar-refractivity contribution in [2.45, 2.75) is 0 Å². The van der Waals surface area contributed by atoms with Gasteiger partial charge in [-0.05, 0) is 23.6 Å². The van der Waals surface area contributed by atoms with Crippen molar-refractivity contribution >= 4 is 16.7 Å². The van der Waals surface area contributed by atoms with Gasteiger partial charge in [0, 0.05) is 5.39 Å². The highest BCUT2D eigenvalue weighted by atomic mass is 16.5. The Balaban J connectivity index is 2.72. The Morgan fingerprint density at radius 3 is 2.33 bits per heavy atom. The van der Waals surface area contributed by atoms with E-state index in [0.717, 1.165) is 16.5 Å². The van der Waals surface area contributed by atoms with Crippen molar-refractivity contribution in [2.24, 2.45) is 0 Å². The van der Waals surface area contributed by atoms with Crippen LogP contribution in [0.15, 0.2) is 30.3 Å². The number of ether oxygens (including phenoxy) is 3. The SMILES string of the molecule is COC(=O)c1cc2cccc(OC)c2cc1OC. The molecule has 0 aliphatic carbocycles. The van der Waals surface area contributed by atoms with Gasteiger partial charge in [0.05, 0.1) is 21.3 Å². The van der Waals surface area contributed by atoms with Crippen LogP contribution in [0.1, 0.15) is 10.4 Å². The van der Waals surface area contributed by atoms with E-state index in [1.54, 1.807) is 19.2 Å². The van der Waals surface area contributed by atoms with Crippen molar-refractivity contribution in [3.8, 4) is 11.5 Å². The number of carbonyl (C=O) groups excluding carboxylic acids is 1. The van der Waals surface area contributed by atoms with E-state index in [1.807, 2.05) is 18.2 Å². The zero-order chi connectivity index (χ0) is 13.1. The smallest absolute Gasteiger partial charge is 0.341 e. The molecule has 0 spiro atoms. The third-order valence-corrected chi connectivity index (χ3v) is 2.79. The van der Waals surface area contributed by atoms with Gasteiger partial charge in [-0.2, -0.15) is 0 Å². The molecule has 0 fully saturated rings. The van der Waals surface area contributed by atoms with Gasteiger partial charge >= 0.3 is 5.97 Å². The second kappa shape index (κ2) is 4.96. The van der Waals surface area contributed by atoms with E-state index in [9.17, 15) is 4.79 Å². The predicted molar refractivity (Wildman–Crippen MR) is 68.4 cm³/mol. The molecule has 2 rings (SSSR count). The molecule has 0 N–H and O–H groups in total. The summed E-state index contributed by atoms with van der Waals surface area (Å²) in [7, 11) is 4.47. The second-order valence-electron chi connectivity index (χ2n) is 3.73. The number of fused-ring (bicyclic) bond motifs is 1. The third-order valence-electron chi connectivity index (χ3n) is 2.79. The average Bonchev–Trinajstić information content (AvgIpc) is 2.44. The molecular formula is C14H14O4. The Morgan fingerprint density at radius 2 is 1.72 bits per heavy atom. The molecule has 94 valence electrons. The Hall–Kier alpha value is -2.23. The van der Waals surface area contributed by atoms with Gasteiger partial charge in [0.25, 0.3) is 0 Å². The number of esters is 1. The molecular weight excluding hydrogens is 232 g/mol. The van der Waals surface area contributed by atoms with Crippen molar-refractivity contribution in [1.82, 2.24) is 0 Å². The van der Waals surface area contributed by atoms with Gasteiger partial charge in [0.1, 0.15) is 17.1 Å². The first-order valence-corrected chi connectivity index (χ1v) is 5.44. The van der Waals surface area contributed by atoms with Crippen molar-refractivity contribution in [1.29, 1.82) is 0 Å². The molecule has 0 aliphatic rings. The van der Waals surface area contributed by atoms with Gasteiger partial charge < -0.3 is 14.2 Å². The van der Waals surface area contributed by atoms with Crippen molar-refractivity contribution in [3.05, 3.63) is 35.9 Å². The van der Waals surface area contributed by atoms with Crippen molar-refractivity contribution < 1.29 is 19.0 Å². The summed E-state index contributed by atoms with van der Waals surface area (Å²) in [4.78, 5) is 11.7. The minimum Gasteiger partial charge on any atom is -0.496 e. The maximum atomic E-state index is 11.7. The first-order valence-electron chi connectivity index (χ1n) is 5.44. The number of benzene rings is 2. The monoisotopic (exact) mass is 246 g/mol. The lowest BCUT2D eigenvalue weighted by molar-refractivity contribution is 0.0597. The van der Waals surface area contributed by atoms with E-state index in [-0.39, 0.29) is 0 Å². The Bertz CT molecular complexity index is 590. The van der Waals surface area contributed by atoms with Gasteiger partial charge in [-0.1, -0.05) is 12.1 Å². The molecule has 0 bridgehead atoms. The first kappa shape index (κ1) is 12.2. The average molecular weight is 246 g/mol. The van der Waals surface area contributed by atoms with Crippen molar-refractivity contribution in [2.75, 3.05) is 21.3 Å². The van der Waals surface area contributed by atoms with Crippen molar-refractivity contribution in [3.63, 3.8) is 0 Å². The molecule has 0 heterocycles. The van der Waals surface area contributed by atoms with Gasteiger partial charge in [0.2, 0.25) is 0 Å². The summed E-state index contributed by atoms with van der Waals surface area (Å²) >= 11 is 0. The summed E-state index contributed by atoms with van der Waals surface area (Å²) in [5.74, 6) is 0.789. The van der Waals surface area contributed by atoms with Crippen LogP contribution in [0.2, 0.25) is 0 Å². The molecule has 0 unspecified atom stereocenters. The fourth-order valence-corrected chi connectivity index (χ4v) is 1.89. The molecule has 0 saturated carbocycles. The Kier molecular flexibility index (Phi) is 3.37. The second-order valence-corrected chi connectivity index (χ2v) is 3.73. The fourth-order valence-electron chi connectivity index (χ4n) is 1.89. The van der Waals surface area contributed by atoms with E-state index in [1.165, 1.54) is 14.2 Å². The standard InChI is InChI=1S/C14H14O4/c1-16-12-6-4-5-9-7-11(14(15)18-3)13(17-2)8-10(9)12/h4-8H,1-3H3. The van der Waals surface area contributed by atoms with Crippen LogP contribution in [0.4, 0.5) is 0 Å². The first-order chi connectivity index (χ1) is 8.71. The lowest BCUT2D eigenvalue weighted by Gasteiger charge is -2.11. The Labute approximate surface area is 105 Å². The molecule has 0 radical (unpaired) electrons. The highest BCUT2D eigenvalue weighted by Gasteiger charge is 2.15. The van der Waals surface area contributed by atoms with Crippen LogP contribution in [0.3, 0.4) is 0 Å². The molecule has 0 atom stereocenters. The molecule has 4 heteroatoms. The number of rotatable bonds is 3. The van der Waals surface area contributed by atoms with Gasteiger partial charge in [-0.3, -0.25) is 0 Å². The molecule has 2 aromatic carbocycles. The molecule has 0 aliphatic heterocycles. The number of hydrogen-bond acceptors (Lipinski definition) is 4. The van der Waals surface area contributed by atoms with E-state index < -0.39 is 5.97 Å². The summed E-state index contributed by atoms with van der Waals surface area (Å²) in [5, 5.41) is 1.79. The van der Waals surface area contributed by atoms with Gasteiger partial charge in [-0.15, -0.1) is 0 Å². The highest BCUT2D eigenvalue weighted by Crippen LogP contribution is 2.32. The topological polar surface area (TPSA) is 44.8 Å². The molecule has 4 nitrogen and oxygen atoms in total. The zero-order valence-corrected chi connectivity index (χ0v) is 10.5. The minimum atomic E-state index is -0.420. The van der Waals surface area contributed by atoms with E-state index >= 15 is 0 Å². The lowest BCUT2D eigenvalue weighted by atomic mass is 10.0. The third kappa shape index (κ3) is 1.97. The van der Waals surface area contributed by atoms with Gasteiger partial charge in [0.15, 0.2) is 0 Å². The van der Waals surface area contributed by atoms with Crippen LogP contribution < -0.4 is 9.47 Å². The van der Waals surface area contributed by atoms with Crippen LogP contribution in [0.5, 0.6) is 11.5 Å². The summed E-state index contributed by atoms with van der Waals surface area (Å²) in [6.45, 7) is 0. The quantitative estimate of drug-likeness (QED) is 0.781. The Morgan fingerprint density at radius 1 is 1.00 bits per heavy atom. The summed E-state index contributed by atoms with van der Waals surface area (Å²) < 4.78 is 15.2. The number of carbonyl (C=O) groups is 1. The van der Waals surface area contributed by atoms with Gasteiger partial charge in [-0.25, -0.2) is 4.79 Å². The minimum absolute atomic E-state index is 0.403. The molecule has 0 amide bonds. The molecule has 0 saturated heterocycles. The van der Waals surface area contributed by atoms with E-state index in [0.29, 0.717) is 11.3 Å². The van der Waals surface area contributed by atoms with Crippen LogP contribution in [0.25, 0.3) is 10.8 Å². The van der Waals surface area contributed by atoms with Crippen LogP contribution in [-0.2, 0) is 4.74 Å². The van der Waals surface area contributed by atoms with Crippen LogP contribution in [0, 0.1) is 0 Å². The fraction of sp³-hybridized carbons (Fsp3) is 0.214. The number of hydrogen-bond donors (Lipinski definition) is 0. The van der Waals surface area contributed by atoms with Crippen LogP contribution in [-0.4, -0.2) is 27.3 Å². The normalized spacial score (nSPS) is 10.2. The van der Waals surface area contributed by atoms with Crippen LogP contribution >= 0.6 is 0 Å². The number of methoxy groups -OCH3 is 3. The maximum absolute atomic E-state index is 11.7. The largest absolute Gasteiger partial charge is 0.496 e. The van der Waals surface area contributed by atoms with E-state index in [2.05, 4.69) is 0 Å². The maximum Gasteiger partial charge on any atom is 0.341 e. The molecule has 2 aromatic rings. The highest BCUT2D eigenvalue weighted by molar-refractivity contribution is 6.00. The molecule has 0 aromatic heterocycles. The summed E-state index contributed by atoms with van der Waals surface area (Å²) in [5.41, 5.74) is 0.403. The summed E-state index contributed by atoms with van der Waals surface area (Å²) in [6.07, 6.45) is 0. The zero-order valence-electron chi connectivity index (χ0n) is 10.5. The molecule has 18 heavy (non-hydrogen) atoms. The lowest BCUT2D eigenvalue weighted by Crippen LogP contribution is -2.04. The predicted octanol–water partition coefficient (Wildman–Crippen LogP) is 2.64. The van der Waals surface area contributed by atoms with E-state index in [4.69, 9.17) is 14.2 Å².